The molecule has 1 fully saturated rings. The molecule has 0 bridgehead atoms. The van der Waals surface area contributed by atoms with Gasteiger partial charge in [0.15, 0.2) is 0 Å². The number of carbonyl (C=O) groups is 1. The summed E-state index contributed by atoms with van der Waals surface area (Å²) < 4.78 is 0. The predicted molar refractivity (Wildman–Crippen MR) is 51.0 cm³/mol. The molecule has 0 saturated heterocycles. The molecule has 0 heterocycles. The zero-order valence-electron chi connectivity index (χ0n) is 8.31. The van der Waals surface area contributed by atoms with Gasteiger partial charge in [0.1, 0.15) is 5.78 Å². The fourth-order valence-electron chi connectivity index (χ4n) is 2.09. The second-order valence-electron chi connectivity index (χ2n) is 4.25. The van der Waals surface area contributed by atoms with Crippen LogP contribution in [0.1, 0.15) is 52.4 Å². The Morgan fingerprint density at radius 3 is 2.42 bits per heavy atom. The van der Waals surface area contributed by atoms with Gasteiger partial charge in [-0.25, -0.2) is 0 Å². The van der Waals surface area contributed by atoms with Crippen LogP contribution in [0.25, 0.3) is 0 Å². The van der Waals surface area contributed by atoms with Gasteiger partial charge in [0, 0.05) is 5.92 Å². The Balaban J connectivity index is 2.24. The van der Waals surface area contributed by atoms with Gasteiger partial charge < -0.3 is 0 Å². The maximum absolute atomic E-state index is 11.0. The summed E-state index contributed by atoms with van der Waals surface area (Å²) in [5, 5.41) is 0. The van der Waals surface area contributed by atoms with E-state index in [-0.39, 0.29) is 0 Å². The lowest BCUT2D eigenvalue weighted by atomic mass is 9.82. The Morgan fingerprint density at radius 2 is 1.92 bits per heavy atom. The van der Waals surface area contributed by atoms with E-state index >= 15 is 0 Å². The topological polar surface area (TPSA) is 17.1 Å². The standard InChI is InChI=1S/C11H20O/c1-9(10(2)12)8-11-6-4-3-5-7-11/h9,11H,3-8H2,1-2H3/t9-/m1/s1. The number of rotatable bonds is 3. The van der Waals surface area contributed by atoms with Crippen LogP contribution < -0.4 is 0 Å². The average molecular weight is 168 g/mol. The Kier molecular flexibility index (Phi) is 3.77. The van der Waals surface area contributed by atoms with Crippen LogP contribution in [0.15, 0.2) is 0 Å². The van der Waals surface area contributed by atoms with Crippen molar-refractivity contribution in [3.05, 3.63) is 0 Å². The maximum atomic E-state index is 11.0. The van der Waals surface area contributed by atoms with Gasteiger partial charge >= 0.3 is 0 Å². The second kappa shape index (κ2) is 4.64. The SMILES string of the molecule is CC(=O)[C@H](C)CC1CCCCC1. The van der Waals surface area contributed by atoms with Crippen molar-refractivity contribution in [3.8, 4) is 0 Å². The number of Topliss-reactive ketones (excluding diaryl/α,β-unsaturated/α-hetero) is 1. The molecule has 0 aromatic heterocycles. The number of hydrogen-bond donors (Lipinski definition) is 0. The van der Waals surface area contributed by atoms with E-state index in [1.165, 1.54) is 32.1 Å². The van der Waals surface area contributed by atoms with Crippen molar-refractivity contribution in [1.82, 2.24) is 0 Å². The molecule has 0 spiro atoms. The molecule has 12 heavy (non-hydrogen) atoms. The molecule has 1 aliphatic rings. The third-order valence-corrected chi connectivity index (χ3v) is 3.11. The van der Waals surface area contributed by atoms with Crippen molar-refractivity contribution in [1.29, 1.82) is 0 Å². The molecular formula is C11H20O. The summed E-state index contributed by atoms with van der Waals surface area (Å²) in [5.41, 5.74) is 0. The zero-order chi connectivity index (χ0) is 8.97. The Bertz CT molecular complexity index is 145. The first-order valence-corrected chi connectivity index (χ1v) is 5.20. The maximum Gasteiger partial charge on any atom is 0.132 e. The van der Waals surface area contributed by atoms with Crippen LogP contribution in [-0.2, 0) is 4.79 Å². The number of carbonyl (C=O) groups excluding carboxylic acids is 1. The zero-order valence-corrected chi connectivity index (χ0v) is 8.31. The molecule has 0 unspecified atom stereocenters. The van der Waals surface area contributed by atoms with Gasteiger partial charge in [-0.05, 0) is 19.3 Å². The molecule has 1 saturated carbocycles. The van der Waals surface area contributed by atoms with Crippen molar-refractivity contribution in [2.75, 3.05) is 0 Å². The van der Waals surface area contributed by atoms with Gasteiger partial charge in [0.25, 0.3) is 0 Å². The minimum atomic E-state index is 0.299. The van der Waals surface area contributed by atoms with Crippen molar-refractivity contribution >= 4 is 5.78 Å². The molecule has 0 N–H and O–H groups in total. The quantitative estimate of drug-likeness (QED) is 0.632. The van der Waals surface area contributed by atoms with Crippen LogP contribution >= 0.6 is 0 Å². The van der Waals surface area contributed by atoms with E-state index in [4.69, 9.17) is 0 Å². The van der Waals surface area contributed by atoms with Crippen molar-refractivity contribution in [3.63, 3.8) is 0 Å². The fraction of sp³-hybridized carbons (Fsp3) is 0.909. The summed E-state index contributed by atoms with van der Waals surface area (Å²) in [7, 11) is 0. The monoisotopic (exact) mass is 168 g/mol. The minimum Gasteiger partial charge on any atom is -0.300 e. The van der Waals surface area contributed by atoms with Crippen LogP contribution in [0.3, 0.4) is 0 Å². The van der Waals surface area contributed by atoms with Crippen molar-refractivity contribution < 1.29 is 4.79 Å². The van der Waals surface area contributed by atoms with Crippen LogP contribution in [0.4, 0.5) is 0 Å². The summed E-state index contributed by atoms with van der Waals surface area (Å²) in [6.45, 7) is 3.78. The average Bonchev–Trinajstić information content (AvgIpc) is 2.06. The summed E-state index contributed by atoms with van der Waals surface area (Å²) >= 11 is 0. The third-order valence-electron chi connectivity index (χ3n) is 3.11. The first-order chi connectivity index (χ1) is 5.70. The van der Waals surface area contributed by atoms with Crippen molar-refractivity contribution in [2.24, 2.45) is 11.8 Å². The molecule has 1 atom stereocenters. The van der Waals surface area contributed by atoms with E-state index < -0.39 is 0 Å². The lowest BCUT2D eigenvalue weighted by Gasteiger charge is -2.23. The molecule has 70 valence electrons. The minimum absolute atomic E-state index is 0.299. The van der Waals surface area contributed by atoms with E-state index in [9.17, 15) is 4.79 Å². The third kappa shape index (κ3) is 2.96. The van der Waals surface area contributed by atoms with Crippen molar-refractivity contribution in [2.45, 2.75) is 52.4 Å². The highest BCUT2D eigenvalue weighted by Crippen LogP contribution is 2.29. The summed E-state index contributed by atoms with van der Waals surface area (Å²) in [4.78, 5) is 11.0. The van der Waals surface area contributed by atoms with E-state index in [1.807, 2.05) is 0 Å². The summed E-state index contributed by atoms with van der Waals surface area (Å²) in [5.74, 6) is 1.51. The highest BCUT2D eigenvalue weighted by atomic mass is 16.1. The van der Waals surface area contributed by atoms with Crippen LogP contribution in [0.2, 0.25) is 0 Å². The highest BCUT2D eigenvalue weighted by molar-refractivity contribution is 5.77. The molecule has 0 aromatic carbocycles. The molecule has 0 amide bonds. The van der Waals surface area contributed by atoms with E-state index in [1.54, 1.807) is 6.92 Å². The lowest BCUT2D eigenvalue weighted by Crippen LogP contribution is -2.15. The molecule has 1 nitrogen and oxygen atoms in total. The largest absolute Gasteiger partial charge is 0.300 e. The van der Waals surface area contributed by atoms with Crippen LogP contribution in [0, 0.1) is 11.8 Å². The van der Waals surface area contributed by atoms with Crippen LogP contribution in [-0.4, -0.2) is 5.78 Å². The molecule has 1 heteroatoms. The highest BCUT2D eigenvalue weighted by Gasteiger charge is 2.18. The molecular weight excluding hydrogens is 148 g/mol. The van der Waals surface area contributed by atoms with Gasteiger partial charge in [-0.2, -0.15) is 0 Å². The van der Waals surface area contributed by atoms with Crippen LogP contribution in [0.5, 0.6) is 0 Å². The lowest BCUT2D eigenvalue weighted by molar-refractivity contribution is -0.120. The van der Waals surface area contributed by atoms with Gasteiger partial charge in [0.05, 0.1) is 0 Å². The predicted octanol–water partition coefficient (Wildman–Crippen LogP) is 3.18. The first kappa shape index (κ1) is 9.76. The molecule has 0 radical (unpaired) electrons. The van der Waals surface area contributed by atoms with Gasteiger partial charge in [-0.3, -0.25) is 4.79 Å². The second-order valence-corrected chi connectivity index (χ2v) is 4.25. The smallest absolute Gasteiger partial charge is 0.132 e. The van der Waals surface area contributed by atoms with E-state index in [2.05, 4.69) is 6.92 Å². The molecule has 0 aliphatic heterocycles. The van der Waals surface area contributed by atoms with Gasteiger partial charge in [0.2, 0.25) is 0 Å². The first-order valence-electron chi connectivity index (χ1n) is 5.20. The number of ketones is 1. The summed E-state index contributed by atoms with van der Waals surface area (Å²) in [6.07, 6.45) is 8.03. The Hall–Kier alpha value is -0.330. The summed E-state index contributed by atoms with van der Waals surface area (Å²) in [6, 6.07) is 0. The van der Waals surface area contributed by atoms with E-state index in [0.717, 1.165) is 12.3 Å². The molecule has 1 rings (SSSR count). The Labute approximate surface area is 75.5 Å². The fourth-order valence-corrected chi connectivity index (χ4v) is 2.09. The Morgan fingerprint density at radius 1 is 1.33 bits per heavy atom. The van der Waals surface area contributed by atoms with Gasteiger partial charge in [-0.1, -0.05) is 39.0 Å². The normalized spacial score (nSPS) is 22.2. The molecule has 1 aliphatic carbocycles. The van der Waals surface area contributed by atoms with Gasteiger partial charge in [-0.15, -0.1) is 0 Å². The van der Waals surface area contributed by atoms with E-state index in [0.29, 0.717) is 11.7 Å². The number of hydrogen-bond acceptors (Lipinski definition) is 1. The molecule has 0 aromatic rings.